The lowest BCUT2D eigenvalue weighted by atomic mass is 9.79. The lowest BCUT2D eigenvalue weighted by Gasteiger charge is -2.26. The average molecular weight is 238 g/mol. The molecule has 0 aromatic heterocycles. The molecular weight excluding hydrogens is 204 g/mol. The van der Waals surface area contributed by atoms with Crippen LogP contribution in [0.25, 0.3) is 0 Å². The third-order valence-electron chi connectivity index (χ3n) is 4.86. The molecule has 0 spiro atoms. The van der Waals surface area contributed by atoms with Gasteiger partial charge >= 0.3 is 0 Å². The Bertz CT molecular complexity index is 167. The monoisotopic (exact) mass is 238 g/mol. The maximum Gasteiger partial charge on any atom is -0.0386 e. The number of hydrogen-bond acceptors (Lipinski definition) is 0. The van der Waals surface area contributed by atoms with E-state index in [0.717, 1.165) is 17.8 Å². The van der Waals surface area contributed by atoms with Crippen LogP contribution < -0.4 is 0 Å². The molecule has 0 aliphatic heterocycles. The highest BCUT2D eigenvalue weighted by Crippen LogP contribution is 2.36. The number of hydrogen-bond donors (Lipinski definition) is 0. The second-order valence-corrected chi connectivity index (χ2v) is 6.41. The van der Waals surface area contributed by atoms with Gasteiger partial charge in [-0.1, -0.05) is 85.0 Å². The summed E-state index contributed by atoms with van der Waals surface area (Å²) in [7, 11) is 0. The first kappa shape index (κ1) is 15.1. The van der Waals surface area contributed by atoms with Crippen molar-refractivity contribution in [2.45, 2.75) is 91.4 Å². The molecule has 0 saturated heterocycles. The van der Waals surface area contributed by atoms with Gasteiger partial charge in [-0.15, -0.1) is 0 Å². The minimum Gasteiger partial charge on any atom is -0.0654 e. The Labute approximate surface area is 110 Å². The van der Waals surface area contributed by atoms with E-state index in [0.29, 0.717) is 0 Å². The first-order chi connectivity index (χ1) is 8.27. The molecule has 1 rings (SSSR count). The number of unbranched alkanes of at least 4 members (excludes halogenated alkanes) is 2. The molecule has 102 valence electrons. The predicted octanol–water partition coefficient (Wildman–Crippen LogP) is 6.20. The van der Waals surface area contributed by atoms with Crippen molar-refractivity contribution >= 4 is 0 Å². The quantitative estimate of drug-likeness (QED) is 0.448. The number of rotatable bonds is 9. The minimum atomic E-state index is 0.974. The summed E-state index contributed by atoms with van der Waals surface area (Å²) < 4.78 is 0. The van der Waals surface area contributed by atoms with Gasteiger partial charge in [0, 0.05) is 0 Å². The maximum atomic E-state index is 2.52. The van der Waals surface area contributed by atoms with E-state index in [9.17, 15) is 0 Å². The summed E-state index contributed by atoms with van der Waals surface area (Å²) >= 11 is 0. The van der Waals surface area contributed by atoms with Gasteiger partial charge in [0.25, 0.3) is 0 Å². The van der Waals surface area contributed by atoms with E-state index >= 15 is 0 Å². The fourth-order valence-corrected chi connectivity index (χ4v) is 3.54. The highest BCUT2D eigenvalue weighted by atomic mass is 14.3. The molecule has 0 aromatic rings. The van der Waals surface area contributed by atoms with Crippen molar-refractivity contribution in [3.63, 3.8) is 0 Å². The summed E-state index contributed by atoms with van der Waals surface area (Å²) in [5, 5.41) is 0. The lowest BCUT2D eigenvalue weighted by molar-refractivity contribution is 0.247. The van der Waals surface area contributed by atoms with Crippen LogP contribution in [0.3, 0.4) is 0 Å². The normalized spacial score (nSPS) is 20.6. The molecular formula is C17H34. The van der Waals surface area contributed by atoms with Crippen molar-refractivity contribution in [2.75, 3.05) is 0 Å². The summed E-state index contributed by atoms with van der Waals surface area (Å²) in [6.45, 7) is 7.18. The second-order valence-electron chi connectivity index (χ2n) is 6.41. The van der Waals surface area contributed by atoms with Crippen LogP contribution in [0.15, 0.2) is 0 Å². The highest BCUT2D eigenvalue weighted by Gasteiger charge is 2.23. The van der Waals surface area contributed by atoms with Crippen LogP contribution in [0.4, 0.5) is 0 Å². The Morgan fingerprint density at radius 2 is 1.53 bits per heavy atom. The molecule has 0 aromatic carbocycles. The van der Waals surface area contributed by atoms with Crippen LogP contribution in [0.1, 0.15) is 91.4 Å². The molecule has 1 fully saturated rings. The molecule has 1 aliphatic rings. The van der Waals surface area contributed by atoms with Gasteiger partial charge in [-0.2, -0.15) is 0 Å². The first-order valence-corrected chi connectivity index (χ1v) is 8.27. The van der Waals surface area contributed by atoms with Crippen molar-refractivity contribution in [3.05, 3.63) is 0 Å². The van der Waals surface area contributed by atoms with Crippen LogP contribution in [0, 0.1) is 17.8 Å². The topological polar surface area (TPSA) is 0 Å². The predicted molar refractivity (Wildman–Crippen MR) is 78.3 cm³/mol. The van der Waals surface area contributed by atoms with Crippen LogP contribution in [0.5, 0.6) is 0 Å². The molecule has 2 atom stereocenters. The molecule has 17 heavy (non-hydrogen) atoms. The largest absolute Gasteiger partial charge is 0.0654 e. The van der Waals surface area contributed by atoms with Gasteiger partial charge in [0.15, 0.2) is 0 Å². The third-order valence-corrected chi connectivity index (χ3v) is 4.86. The Balaban J connectivity index is 2.34. The summed E-state index contributed by atoms with van der Waals surface area (Å²) in [6.07, 6.45) is 16.2. The van der Waals surface area contributed by atoms with Gasteiger partial charge < -0.3 is 0 Å². The molecule has 0 heterocycles. The van der Waals surface area contributed by atoms with Crippen molar-refractivity contribution in [1.29, 1.82) is 0 Å². The van der Waals surface area contributed by atoms with Crippen LogP contribution in [-0.2, 0) is 0 Å². The molecule has 1 aliphatic carbocycles. The fraction of sp³-hybridized carbons (Fsp3) is 1.00. The van der Waals surface area contributed by atoms with Gasteiger partial charge in [-0.05, 0) is 24.2 Å². The maximum absolute atomic E-state index is 2.52. The lowest BCUT2D eigenvalue weighted by Crippen LogP contribution is -2.15. The van der Waals surface area contributed by atoms with Crippen molar-refractivity contribution in [1.82, 2.24) is 0 Å². The minimum absolute atomic E-state index is 0.974. The van der Waals surface area contributed by atoms with E-state index < -0.39 is 0 Å². The van der Waals surface area contributed by atoms with Crippen molar-refractivity contribution < 1.29 is 0 Å². The molecule has 1 saturated carbocycles. The van der Waals surface area contributed by atoms with Crippen molar-refractivity contribution in [3.8, 4) is 0 Å². The molecule has 0 heteroatoms. The van der Waals surface area contributed by atoms with E-state index in [-0.39, 0.29) is 0 Å². The standard InChI is InChI=1S/C17H34/c1-4-6-10-15(3)17(13-7-5-2)14-16-11-8-9-12-16/h15-17H,4-14H2,1-3H3. The van der Waals surface area contributed by atoms with E-state index in [1.54, 1.807) is 6.42 Å². The van der Waals surface area contributed by atoms with E-state index in [4.69, 9.17) is 0 Å². The van der Waals surface area contributed by atoms with E-state index in [1.165, 1.54) is 64.2 Å². The van der Waals surface area contributed by atoms with E-state index in [2.05, 4.69) is 20.8 Å². The van der Waals surface area contributed by atoms with E-state index in [1.807, 2.05) is 0 Å². The zero-order chi connectivity index (χ0) is 12.5. The summed E-state index contributed by atoms with van der Waals surface area (Å²) in [5.74, 6) is 3.09. The van der Waals surface area contributed by atoms with Gasteiger partial charge in [0.05, 0.1) is 0 Å². The van der Waals surface area contributed by atoms with Crippen LogP contribution in [-0.4, -0.2) is 0 Å². The Morgan fingerprint density at radius 1 is 0.941 bits per heavy atom. The Hall–Kier alpha value is 0. The van der Waals surface area contributed by atoms with Gasteiger partial charge in [0.2, 0.25) is 0 Å². The zero-order valence-corrected chi connectivity index (χ0v) is 12.5. The van der Waals surface area contributed by atoms with Gasteiger partial charge in [-0.25, -0.2) is 0 Å². The third kappa shape index (κ3) is 5.93. The van der Waals surface area contributed by atoms with Crippen LogP contribution >= 0.6 is 0 Å². The summed E-state index contributed by atoms with van der Waals surface area (Å²) in [6, 6.07) is 0. The molecule has 0 amide bonds. The highest BCUT2D eigenvalue weighted by molar-refractivity contribution is 4.75. The molecule has 0 N–H and O–H groups in total. The summed E-state index contributed by atoms with van der Waals surface area (Å²) in [4.78, 5) is 0. The molecule has 2 unspecified atom stereocenters. The fourth-order valence-electron chi connectivity index (χ4n) is 3.54. The molecule has 0 bridgehead atoms. The SMILES string of the molecule is CCCCC(C)C(CCCC)CC1CCCC1. The van der Waals surface area contributed by atoms with Crippen LogP contribution in [0.2, 0.25) is 0 Å². The van der Waals surface area contributed by atoms with Crippen molar-refractivity contribution in [2.24, 2.45) is 17.8 Å². The molecule has 0 nitrogen and oxygen atoms in total. The van der Waals surface area contributed by atoms with Gasteiger partial charge in [-0.3, -0.25) is 0 Å². The summed E-state index contributed by atoms with van der Waals surface area (Å²) in [5.41, 5.74) is 0. The Morgan fingerprint density at radius 3 is 2.12 bits per heavy atom. The smallest absolute Gasteiger partial charge is 0.0386 e. The zero-order valence-electron chi connectivity index (χ0n) is 12.5. The average Bonchev–Trinajstić information content (AvgIpc) is 2.84. The van der Waals surface area contributed by atoms with Gasteiger partial charge in [0.1, 0.15) is 0 Å². The first-order valence-electron chi connectivity index (χ1n) is 8.27. The Kier molecular flexibility index (Phi) is 7.97. The molecule has 0 radical (unpaired) electrons. The second kappa shape index (κ2) is 9.00.